The van der Waals surface area contributed by atoms with Crippen LogP contribution in [0.25, 0.3) is 33.7 Å². The number of halogens is 2. The van der Waals surface area contributed by atoms with E-state index in [1.54, 1.807) is 0 Å². The van der Waals surface area contributed by atoms with Gasteiger partial charge in [-0.1, -0.05) is 302 Å². The second kappa shape index (κ2) is 39.3. The van der Waals surface area contributed by atoms with E-state index >= 15 is 0 Å². The van der Waals surface area contributed by atoms with Crippen molar-refractivity contribution in [1.29, 1.82) is 0 Å². The van der Waals surface area contributed by atoms with Gasteiger partial charge in [0.25, 0.3) is 0 Å². The second-order valence-corrected chi connectivity index (χ2v) is 21.7. The largest absolute Gasteiger partial charge is 1.00 e. The second-order valence-electron chi connectivity index (χ2n) is 21.1. The van der Waals surface area contributed by atoms with Crippen molar-refractivity contribution in [2.24, 2.45) is 0 Å². The summed E-state index contributed by atoms with van der Waals surface area (Å²) in [4.78, 5) is 0. The zero-order chi connectivity index (χ0) is 58.9. The standard InChI is InChI=1S/C31H34O.C19H23Cl.C12H11O.C9H9Cl.C8H8.Na/c1-3-26(28-10-5-4-6-11-28)22-24(2)27-18-16-25(17-19-27)23-32-21-20-30-14-9-13-29-12-7-8-15-31(29)30;1-3-17(19-7-5-4-6-8-19)13-15(2)18-11-9-16(14-20)10-12-18;13-9-8-11-6-3-5-10-4-1-2-7-12(10)11;1-2-8-3-5-9(7-10)6-4-8;1-2-8-6-4-3-5-7-8;/h4-19,24,26H,3,20-23H2,1-2H3;4-12,15,17H,3,13-14H2,1-2H3;1-7H,8-9H2;2-6H,1,7H2;2-7H,1H2;/q;;-1;;;+1. The molecule has 0 aromatic heterocycles. The molecule has 0 radical (unpaired) electrons. The maximum atomic E-state index is 10.5. The molecule has 0 amide bonds. The van der Waals surface area contributed by atoms with Gasteiger partial charge < -0.3 is 9.84 Å². The molecule has 0 N–H and O–H groups in total. The average molecular weight is 1160 g/mol. The Kier molecular flexibility index (Phi) is 32.1. The van der Waals surface area contributed by atoms with Crippen LogP contribution in [-0.4, -0.2) is 13.2 Å². The molecule has 2 nitrogen and oxygen atoms in total. The van der Waals surface area contributed by atoms with Gasteiger partial charge in [0.05, 0.1) is 13.2 Å². The summed E-state index contributed by atoms with van der Waals surface area (Å²) in [7, 11) is 0. The van der Waals surface area contributed by atoms with Gasteiger partial charge in [-0.3, -0.25) is 0 Å². The van der Waals surface area contributed by atoms with Crippen LogP contribution in [-0.2, 0) is 35.9 Å². The Hall–Kier alpha value is -6.30. The van der Waals surface area contributed by atoms with Crippen LogP contribution in [0, 0.1) is 0 Å². The van der Waals surface area contributed by atoms with E-state index in [9.17, 15) is 5.11 Å². The van der Waals surface area contributed by atoms with Crippen LogP contribution in [0.1, 0.15) is 138 Å². The van der Waals surface area contributed by atoms with Gasteiger partial charge in [0.15, 0.2) is 0 Å². The summed E-state index contributed by atoms with van der Waals surface area (Å²) in [5.74, 6) is 3.54. The first kappa shape index (κ1) is 68.5. The van der Waals surface area contributed by atoms with Crippen LogP contribution in [0.5, 0.6) is 0 Å². The van der Waals surface area contributed by atoms with E-state index in [0.29, 0.717) is 48.5 Å². The first-order valence-corrected chi connectivity index (χ1v) is 30.6. The smallest absolute Gasteiger partial charge is 0.854 e. The number of alkyl halides is 2. The average Bonchev–Trinajstić information content (AvgIpc) is 3.70. The fourth-order valence-electron chi connectivity index (χ4n) is 10.4. The number of fused-ring (bicyclic) bond motifs is 2. The maximum absolute atomic E-state index is 10.5. The van der Waals surface area contributed by atoms with Crippen molar-refractivity contribution in [3.8, 4) is 0 Å². The van der Waals surface area contributed by atoms with E-state index in [1.807, 2.05) is 91.0 Å². The number of rotatable bonds is 21. The molecule has 0 fully saturated rings. The third kappa shape index (κ3) is 22.9. The third-order valence-corrected chi connectivity index (χ3v) is 16.0. The minimum absolute atomic E-state index is 0. The van der Waals surface area contributed by atoms with Crippen molar-refractivity contribution < 1.29 is 39.4 Å². The summed E-state index contributed by atoms with van der Waals surface area (Å²) in [5.41, 5.74) is 14.1. The van der Waals surface area contributed by atoms with Crippen molar-refractivity contribution in [2.45, 2.75) is 108 Å². The molecule has 0 spiro atoms. The van der Waals surface area contributed by atoms with Crippen LogP contribution in [0.15, 0.2) is 262 Å². The van der Waals surface area contributed by atoms with Crippen molar-refractivity contribution >= 4 is 56.9 Å². The van der Waals surface area contributed by atoms with Crippen LogP contribution >= 0.6 is 23.2 Å². The number of benzene rings is 10. The van der Waals surface area contributed by atoms with Crippen LogP contribution in [0.4, 0.5) is 0 Å². The van der Waals surface area contributed by atoms with Gasteiger partial charge in [-0.2, -0.15) is 0 Å². The summed E-state index contributed by atoms with van der Waals surface area (Å²) in [5, 5.41) is 15.6. The quantitative estimate of drug-likeness (QED) is 0.0408. The Morgan fingerprint density at radius 2 is 0.786 bits per heavy atom. The minimum Gasteiger partial charge on any atom is -0.854 e. The predicted octanol–water partition coefficient (Wildman–Crippen LogP) is 18.5. The number of ether oxygens (including phenoxy) is 1. The van der Waals surface area contributed by atoms with Crippen molar-refractivity contribution in [3.63, 3.8) is 0 Å². The molecule has 0 aliphatic rings. The molecule has 0 saturated carbocycles. The molecule has 10 rings (SSSR count). The van der Waals surface area contributed by atoms with Crippen LogP contribution < -0.4 is 34.7 Å². The molecule has 428 valence electrons. The Balaban J connectivity index is 0.000000211. The molecule has 0 heterocycles. The minimum atomic E-state index is -0.0337. The molecule has 0 aliphatic carbocycles. The molecule has 84 heavy (non-hydrogen) atoms. The van der Waals surface area contributed by atoms with E-state index in [1.165, 1.54) is 91.7 Å². The Labute approximate surface area is 536 Å². The Morgan fingerprint density at radius 1 is 0.417 bits per heavy atom. The van der Waals surface area contributed by atoms with E-state index < -0.39 is 0 Å². The fraction of sp³-hybridized carbons (Fsp3) is 0.241. The zero-order valence-electron chi connectivity index (χ0n) is 50.4. The summed E-state index contributed by atoms with van der Waals surface area (Å²) < 4.78 is 6.01. The van der Waals surface area contributed by atoms with Crippen molar-refractivity contribution in [1.82, 2.24) is 0 Å². The Bertz CT molecular complexity index is 3350. The summed E-state index contributed by atoms with van der Waals surface area (Å²) >= 11 is 11.4. The van der Waals surface area contributed by atoms with Gasteiger partial charge >= 0.3 is 29.6 Å². The van der Waals surface area contributed by atoms with Crippen LogP contribution in [0.2, 0.25) is 0 Å². The van der Waals surface area contributed by atoms with Gasteiger partial charge in [-0.05, 0) is 145 Å². The summed E-state index contributed by atoms with van der Waals surface area (Å²) in [6, 6.07) is 87.0. The van der Waals surface area contributed by atoms with Gasteiger partial charge in [0.2, 0.25) is 0 Å². The topological polar surface area (TPSA) is 32.3 Å². The van der Waals surface area contributed by atoms with E-state index in [-0.39, 0.29) is 36.2 Å². The molecule has 0 bridgehead atoms. The van der Waals surface area contributed by atoms with Gasteiger partial charge in [0.1, 0.15) is 0 Å². The molecule has 10 aromatic carbocycles. The Morgan fingerprint density at radius 3 is 1.19 bits per heavy atom. The van der Waals surface area contributed by atoms with Gasteiger partial charge in [0, 0.05) is 11.8 Å². The molecular formula is C79H85Cl2NaO2. The van der Waals surface area contributed by atoms with Gasteiger partial charge in [-0.25, -0.2) is 0 Å². The van der Waals surface area contributed by atoms with Crippen molar-refractivity contribution in [2.75, 3.05) is 13.2 Å². The SMILES string of the molecule is C=Cc1ccc(CCl)cc1.C=Cc1ccccc1.CCC(CC(C)c1ccc(CCl)cc1)c1ccccc1.CCC(CC(C)c1ccc(COCCc2cccc3ccccc23)cc1)c1ccccc1.[Na+].[O-]CCc1cccc2ccccc12. The number of hydrogen-bond acceptors (Lipinski definition) is 2. The predicted molar refractivity (Wildman–Crippen MR) is 360 cm³/mol. The zero-order valence-corrected chi connectivity index (χ0v) is 53.9. The molecule has 0 aliphatic heterocycles. The molecule has 4 unspecified atom stereocenters. The molecule has 10 aromatic rings. The van der Waals surface area contributed by atoms with Gasteiger partial charge in [-0.15, -0.1) is 29.8 Å². The van der Waals surface area contributed by atoms with E-state index in [4.69, 9.17) is 27.9 Å². The van der Waals surface area contributed by atoms with E-state index in [2.05, 4.69) is 211 Å². The first-order valence-electron chi connectivity index (χ1n) is 29.6. The molecule has 0 saturated heterocycles. The fourth-order valence-corrected chi connectivity index (χ4v) is 10.7. The molecule has 5 heteroatoms. The number of hydrogen-bond donors (Lipinski definition) is 0. The molecule has 4 atom stereocenters. The summed E-state index contributed by atoms with van der Waals surface area (Å²) in [6.45, 7) is 17.9. The van der Waals surface area contributed by atoms with Crippen LogP contribution in [0.3, 0.4) is 0 Å². The normalized spacial score (nSPS) is 11.9. The first-order chi connectivity index (χ1) is 40.7. The molecular weight excluding hydrogens is 1070 g/mol. The van der Waals surface area contributed by atoms with E-state index in [0.717, 1.165) is 29.7 Å². The summed E-state index contributed by atoms with van der Waals surface area (Å²) in [6.07, 6.45) is 9.96. The van der Waals surface area contributed by atoms with Crippen molar-refractivity contribution in [3.05, 3.63) is 323 Å². The maximum Gasteiger partial charge on any atom is 1.00 e. The third-order valence-electron chi connectivity index (χ3n) is 15.4. The monoisotopic (exact) mass is 1160 g/mol.